The van der Waals surface area contributed by atoms with Gasteiger partial charge in [0, 0.05) is 4.91 Å². The minimum absolute atomic E-state index is 0.213. The van der Waals surface area contributed by atoms with E-state index in [4.69, 9.17) is 15.0 Å². The predicted molar refractivity (Wildman–Crippen MR) is 85.4 cm³/mol. The van der Waals surface area contributed by atoms with Gasteiger partial charge in [-0.1, -0.05) is 65.8 Å². The molecule has 0 radical (unpaired) electrons. The van der Waals surface area contributed by atoms with Gasteiger partial charge >= 0.3 is 5.97 Å². The molecule has 118 valence electrons. The summed E-state index contributed by atoms with van der Waals surface area (Å²) in [5, 5.41) is 3.73. The molecule has 2 aromatic rings. The summed E-state index contributed by atoms with van der Waals surface area (Å²) in [6.07, 6.45) is -1.02. The molecule has 0 unspecified atom stereocenters. The molecule has 2 atom stereocenters. The first-order valence-corrected chi connectivity index (χ1v) is 7.08. The van der Waals surface area contributed by atoms with Gasteiger partial charge in [0.25, 0.3) is 0 Å². The van der Waals surface area contributed by atoms with Gasteiger partial charge in [0.2, 0.25) is 0 Å². The van der Waals surface area contributed by atoms with Crippen LogP contribution in [-0.2, 0) is 20.9 Å². The van der Waals surface area contributed by atoms with Crippen LogP contribution in [0.2, 0.25) is 0 Å². The van der Waals surface area contributed by atoms with Crippen LogP contribution in [0.4, 0.5) is 0 Å². The second-order valence-corrected chi connectivity index (χ2v) is 4.80. The van der Waals surface area contributed by atoms with Gasteiger partial charge in [-0.25, -0.2) is 4.79 Å². The number of carbonyl (C=O) groups excluding carboxylic acids is 1. The summed E-state index contributed by atoms with van der Waals surface area (Å²) in [5.41, 5.74) is 10.4. The van der Waals surface area contributed by atoms with Crippen molar-refractivity contribution in [1.29, 1.82) is 0 Å². The van der Waals surface area contributed by atoms with E-state index in [1.165, 1.54) is 7.11 Å². The van der Waals surface area contributed by atoms with Crippen LogP contribution >= 0.6 is 0 Å². The summed E-state index contributed by atoms with van der Waals surface area (Å²) < 4.78 is 10.5. The first-order valence-electron chi connectivity index (χ1n) is 7.08. The number of hydrogen-bond acceptors (Lipinski definition) is 4. The van der Waals surface area contributed by atoms with Crippen molar-refractivity contribution in [3.05, 3.63) is 82.2 Å². The molecule has 23 heavy (non-hydrogen) atoms. The molecule has 0 bridgehead atoms. The summed E-state index contributed by atoms with van der Waals surface area (Å²) in [4.78, 5) is 14.9. The van der Waals surface area contributed by atoms with E-state index in [2.05, 4.69) is 10.0 Å². The first kappa shape index (κ1) is 16.5. The van der Waals surface area contributed by atoms with Gasteiger partial charge in [0.15, 0.2) is 6.10 Å². The van der Waals surface area contributed by atoms with Crippen LogP contribution in [0.3, 0.4) is 0 Å². The Morgan fingerprint density at radius 2 is 1.74 bits per heavy atom. The van der Waals surface area contributed by atoms with Gasteiger partial charge in [-0.05, 0) is 16.7 Å². The molecule has 0 aliphatic carbocycles. The van der Waals surface area contributed by atoms with Crippen molar-refractivity contribution in [1.82, 2.24) is 0 Å². The molecule has 6 nitrogen and oxygen atoms in total. The molecule has 2 rings (SSSR count). The molecule has 0 N–H and O–H groups in total. The van der Waals surface area contributed by atoms with Crippen LogP contribution in [0.1, 0.15) is 17.2 Å². The van der Waals surface area contributed by atoms with Crippen molar-refractivity contribution < 1.29 is 14.3 Å². The van der Waals surface area contributed by atoms with Crippen molar-refractivity contribution in [2.24, 2.45) is 5.11 Å². The van der Waals surface area contributed by atoms with E-state index in [-0.39, 0.29) is 6.61 Å². The highest BCUT2D eigenvalue weighted by atomic mass is 16.6. The number of benzene rings is 2. The normalized spacial score (nSPS) is 12.7. The van der Waals surface area contributed by atoms with E-state index in [1.54, 1.807) is 24.3 Å². The molecule has 0 heterocycles. The summed E-state index contributed by atoms with van der Waals surface area (Å²) in [7, 11) is 1.28. The van der Waals surface area contributed by atoms with E-state index < -0.39 is 18.1 Å². The van der Waals surface area contributed by atoms with Crippen LogP contribution in [-0.4, -0.2) is 19.2 Å². The molecule has 0 aliphatic rings. The summed E-state index contributed by atoms with van der Waals surface area (Å²) in [5.74, 6) is -0.581. The molecule has 0 saturated carbocycles. The smallest absolute Gasteiger partial charge is 0.335 e. The maximum atomic E-state index is 12.1. The average molecular weight is 311 g/mol. The zero-order chi connectivity index (χ0) is 16.5. The van der Waals surface area contributed by atoms with Gasteiger partial charge in [-0.2, -0.15) is 0 Å². The lowest BCUT2D eigenvalue weighted by molar-refractivity contribution is -0.156. The standard InChI is InChI=1S/C17H17N3O3/c1-22-17(21)16(23-12-13-8-4-2-5-9-13)15(19-20-18)14-10-6-3-7-11-14/h2-11,15-16H,12H2,1H3/t15-,16+/m0/s1. The number of methoxy groups -OCH3 is 1. The Hall–Kier alpha value is -2.82. The largest absolute Gasteiger partial charge is 0.467 e. The third-order valence-electron chi connectivity index (χ3n) is 3.31. The predicted octanol–water partition coefficient (Wildman–Crippen LogP) is 3.80. The Kier molecular flexibility index (Phi) is 6.17. The fourth-order valence-electron chi connectivity index (χ4n) is 2.17. The van der Waals surface area contributed by atoms with Gasteiger partial charge in [0.1, 0.15) is 0 Å². The molecule has 0 spiro atoms. The second-order valence-electron chi connectivity index (χ2n) is 4.80. The monoisotopic (exact) mass is 311 g/mol. The third kappa shape index (κ3) is 4.57. The van der Waals surface area contributed by atoms with Crippen molar-refractivity contribution >= 4 is 5.97 Å². The topological polar surface area (TPSA) is 84.3 Å². The van der Waals surface area contributed by atoms with E-state index in [0.29, 0.717) is 5.56 Å². The number of nitrogens with zero attached hydrogens (tertiary/aromatic N) is 3. The van der Waals surface area contributed by atoms with Crippen molar-refractivity contribution in [3.8, 4) is 0 Å². The maximum absolute atomic E-state index is 12.1. The quantitative estimate of drug-likeness (QED) is 0.337. The molecule has 0 amide bonds. The van der Waals surface area contributed by atoms with Crippen LogP contribution in [0.15, 0.2) is 65.8 Å². The minimum Gasteiger partial charge on any atom is -0.467 e. The Bertz CT molecular complexity index is 670. The number of esters is 1. The number of hydrogen-bond donors (Lipinski definition) is 0. The van der Waals surface area contributed by atoms with E-state index in [0.717, 1.165) is 5.56 Å². The summed E-state index contributed by atoms with van der Waals surface area (Å²) in [6, 6.07) is 17.7. The number of carbonyl (C=O) groups is 1. The zero-order valence-corrected chi connectivity index (χ0v) is 12.7. The fourth-order valence-corrected chi connectivity index (χ4v) is 2.17. The highest BCUT2D eigenvalue weighted by Crippen LogP contribution is 2.25. The summed E-state index contributed by atoms with van der Waals surface area (Å²) >= 11 is 0. The van der Waals surface area contributed by atoms with Crippen LogP contribution in [0.5, 0.6) is 0 Å². The van der Waals surface area contributed by atoms with Crippen molar-refractivity contribution in [2.75, 3.05) is 7.11 Å². The fraction of sp³-hybridized carbons (Fsp3) is 0.235. The van der Waals surface area contributed by atoms with Crippen molar-refractivity contribution in [2.45, 2.75) is 18.8 Å². The maximum Gasteiger partial charge on any atom is 0.335 e. The molecular weight excluding hydrogens is 294 g/mol. The van der Waals surface area contributed by atoms with E-state index in [1.807, 2.05) is 36.4 Å². The van der Waals surface area contributed by atoms with Gasteiger partial charge in [0.05, 0.1) is 19.8 Å². The van der Waals surface area contributed by atoms with E-state index >= 15 is 0 Å². The molecule has 2 aromatic carbocycles. The van der Waals surface area contributed by atoms with Crippen molar-refractivity contribution in [3.63, 3.8) is 0 Å². The zero-order valence-electron chi connectivity index (χ0n) is 12.7. The molecule has 0 aliphatic heterocycles. The number of rotatable bonds is 7. The Morgan fingerprint density at radius 3 is 2.30 bits per heavy atom. The van der Waals surface area contributed by atoms with Gasteiger partial charge in [-0.3, -0.25) is 0 Å². The SMILES string of the molecule is COC(=O)[C@H](OCc1ccccc1)[C@@H](N=[N+]=[N-])c1ccccc1. The highest BCUT2D eigenvalue weighted by Gasteiger charge is 2.30. The average Bonchev–Trinajstić information content (AvgIpc) is 2.62. The molecule has 0 aromatic heterocycles. The van der Waals surface area contributed by atoms with Crippen LogP contribution < -0.4 is 0 Å². The van der Waals surface area contributed by atoms with Crippen LogP contribution in [0.25, 0.3) is 10.4 Å². The Balaban J connectivity index is 2.24. The molecular formula is C17H17N3O3. The Morgan fingerprint density at radius 1 is 1.13 bits per heavy atom. The summed E-state index contributed by atoms with van der Waals surface area (Å²) in [6.45, 7) is 0.213. The molecule has 6 heteroatoms. The number of azide groups is 1. The number of ether oxygens (including phenoxy) is 2. The van der Waals surface area contributed by atoms with Gasteiger partial charge < -0.3 is 9.47 Å². The highest BCUT2D eigenvalue weighted by molar-refractivity contribution is 5.76. The molecule has 0 saturated heterocycles. The lowest BCUT2D eigenvalue weighted by Crippen LogP contribution is -2.31. The van der Waals surface area contributed by atoms with Crippen LogP contribution in [0, 0.1) is 0 Å². The minimum atomic E-state index is -1.02. The second kappa shape index (κ2) is 8.58. The molecule has 0 fully saturated rings. The van der Waals surface area contributed by atoms with Gasteiger partial charge in [-0.15, -0.1) is 0 Å². The Labute approximate surface area is 134 Å². The lowest BCUT2D eigenvalue weighted by Gasteiger charge is -2.22. The first-order chi connectivity index (χ1) is 11.3. The lowest BCUT2D eigenvalue weighted by atomic mass is 10.0. The third-order valence-corrected chi connectivity index (χ3v) is 3.31. The van der Waals surface area contributed by atoms with E-state index in [9.17, 15) is 4.79 Å².